The van der Waals surface area contributed by atoms with E-state index >= 15 is 0 Å². The Labute approximate surface area is 139 Å². The Balaban J connectivity index is 2.06. The standard InChI is InChI=1S/C20H13I/c21-20-13-7-6-12-19(20)18-11-5-4-10-17(18)15-14-16-8-2-1-3-9-16/h1-13H. The summed E-state index contributed by atoms with van der Waals surface area (Å²) in [7, 11) is 0. The lowest BCUT2D eigenvalue weighted by Gasteiger charge is -2.07. The van der Waals surface area contributed by atoms with E-state index in [0.29, 0.717) is 0 Å². The highest BCUT2D eigenvalue weighted by Gasteiger charge is 2.05. The molecule has 0 atom stereocenters. The normalized spacial score (nSPS) is 9.76. The van der Waals surface area contributed by atoms with Crippen molar-refractivity contribution in [1.29, 1.82) is 0 Å². The van der Waals surface area contributed by atoms with E-state index in [2.05, 4.69) is 76.9 Å². The smallest absolute Gasteiger partial charge is 0.0327 e. The molecule has 0 unspecified atom stereocenters. The fourth-order valence-electron chi connectivity index (χ4n) is 2.17. The molecule has 0 fully saturated rings. The van der Waals surface area contributed by atoms with Crippen LogP contribution >= 0.6 is 22.6 Å². The zero-order chi connectivity index (χ0) is 14.5. The topological polar surface area (TPSA) is 0 Å². The van der Waals surface area contributed by atoms with Gasteiger partial charge in [0, 0.05) is 14.7 Å². The number of hydrogen-bond donors (Lipinski definition) is 0. The molecule has 0 aromatic heterocycles. The molecule has 100 valence electrons. The molecule has 0 N–H and O–H groups in total. The maximum atomic E-state index is 3.30. The van der Waals surface area contributed by atoms with Crippen LogP contribution in [0, 0.1) is 15.4 Å². The Bertz CT molecular complexity index is 808. The van der Waals surface area contributed by atoms with E-state index in [1.165, 1.54) is 14.7 Å². The number of rotatable bonds is 1. The van der Waals surface area contributed by atoms with Crippen LogP contribution in [0.5, 0.6) is 0 Å². The average molecular weight is 380 g/mol. The minimum Gasteiger partial charge on any atom is -0.0622 e. The molecule has 0 aliphatic carbocycles. The monoisotopic (exact) mass is 380 g/mol. The minimum absolute atomic E-state index is 1.04. The second-order valence-corrected chi connectivity index (χ2v) is 5.80. The van der Waals surface area contributed by atoms with Crippen LogP contribution in [-0.2, 0) is 0 Å². The van der Waals surface area contributed by atoms with E-state index < -0.39 is 0 Å². The third-order valence-corrected chi connectivity index (χ3v) is 4.15. The lowest BCUT2D eigenvalue weighted by Crippen LogP contribution is -1.87. The summed E-state index contributed by atoms with van der Waals surface area (Å²) < 4.78 is 1.24. The molecule has 0 saturated carbocycles. The molecule has 3 aromatic carbocycles. The largest absolute Gasteiger partial charge is 0.0622 e. The van der Waals surface area contributed by atoms with Gasteiger partial charge in [0.05, 0.1) is 0 Å². The Morgan fingerprint density at radius 1 is 0.571 bits per heavy atom. The van der Waals surface area contributed by atoms with Gasteiger partial charge in [-0.05, 0) is 58.0 Å². The van der Waals surface area contributed by atoms with E-state index in [9.17, 15) is 0 Å². The molecule has 0 radical (unpaired) electrons. The first kappa shape index (κ1) is 13.9. The van der Waals surface area contributed by atoms with Crippen LogP contribution < -0.4 is 0 Å². The maximum Gasteiger partial charge on any atom is 0.0327 e. The first-order valence-corrected chi connectivity index (χ1v) is 7.83. The molecule has 3 rings (SSSR count). The van der Waals surface area contributed by atoms with Gasteiger partial charge in [-0.2, -0.15) is 0 Å². The van der Waals surface area contributed by atoms with Gasteiger partial charge >= 0.3 is 0 Å². The van der Waals surface area contributed by atoms with Crippen LogP contribution in [-0.4, -0.2) is 0 Å². The van der Waals surface area contributed by atoms with E-state index in [-0.39, 0.29) is 0 Å². The van der Waals surface area contributed by atoms with E-state index in [0.717, 1.165) is 11.1 Å². The first-order valence-electron chi connectivity index (χ1n) is 6.75. The SMILES string of the molecule is Ic1ccccc1-c1ccccc1C#Cc1ccccc1. The third kappa shape index (κ3) is 3.34. The van der Waals surface area contributed by atoms with Crippen molar-refractivity contribution in [3.63, 3.8) is 0 Å². The van der Waals surface area contributed by atoms with Gasteiger partial charge in [0.2, 0.25) is 0 Å². The molecule has 0 spiro atoms. The lowest BCUT2D eigenvalue weighted by molar-refractivity contribution is 1.55. The zero-order valence-corrected chi connectivity index (χ0v) is 13.5. The summed E-state index contributed by atoms with van der Waals surface area (Å²) in [4.78, 5) is 0. The van der Waals surface area contributed by atoms with Gasteiger partial charge in [-0.15, -0.1) is 0 Å². The zero-order valence-electron chi connectivity index (χ0n) is 11.4. The Hall–Kier alpha value is -2.05. The molecular weight excluding hydrogens is 367 g/mol. The summed E-state index contributed by atoms with van der Waals surface area (Å²) in [5.41, 5.74) is 4.52. The molecule has 0 aliphatic rings. The molecule has 0 aliphatic heterocycles. The van der Waals surface area contributed by atoms with Crippen LogP contribution in [0.15, 0.2) is 78.9 Å². The summed E-state index contributed by atoms with van der Waals surface area (Å²) in [6.07, 6.45) is 0. The van der Waals surface area contributed by atoms with Gasteiger partial charge in [0.25, 0.3) is 0 Å². The number of halogens is 1. The summed E-state index contributed by atoms with van der Waals surface area (Å²) in [6.45, 7) is 0. The minimum atomic E-state index is 1.04. The second-order valence-electron chi connectivity index (χ2n) is 4.64. The van der Waals surface area contributed by atoms with E-state index in [1.807, 2.05) is 36.4 Å². The van der Waals surface area contributed by atoms with Crippen molar-refractivity contribution in [1.82, 2.24) is 0 Å². The molecule has 0 nitrogen and oxygen atoms in total. The van der Waals surface area contributed by atoms with Crippen LogP contribution in [0.4, 0.5) is 0 Å². The van der Waals surface area contributed by atoms with E-state index in [4.69, 9.17) is 0 Å². The highest BCUT2D eigenvalue weighted by atomic mass is 127. The summed E-state index contributed by atoms with van der Waals surface area (Å²) >= 11 is 2.37. The molecule has 21 heavy (non-hydrogen) atoms. The number of hydrogen-bond acceptors (Lipinski definition) is 0. The molecule has 1 heteroatoms. The van der Waals surface area contributed by atoms with Gasteiger partial charge < -0.3 is 0 Å². The fourth-order valence-corrected chi connectivity index (χ4v) is 2.85. The molecule has 0 heterocycles. The van der Waals surface area contributed by atoms with E-state index in [1.54, 1.807) is 0 Å². The van der Waals surface area contributed by atoms with Gasteiger partial charge in [-0.3, -0.25) is 0 Å². The molecule has 0 saturated heterocycles. The lowest BCUT2D eigenvalue weighted by atomic mass is 10.00. The van der Waals surface area contributed by atoms with Gasteiger partial charge in [0.15, 0.2) is 0 Å². The summed E-state index contributed by atoms with van der Waals surface area (Å²) in [5, 5.41) is 0. The predicted molar refractivity (Wildman–Crippen MR) is 97.0 cm³/mol. The van der Waals surface area contributed by atoms with Crippen LogP contribution in [0.1, 0.15) is 11.1 Å². The van der Waals surface area contributed by atoms with Crippen molar-refractivity contribution < 1.29 is 0 Å². The van der Waals surface area contributed by atoms with Crippen LogP contribution in [0.25, 0.3) is 11.1 Å². The Morgan fingerprint density at radius 2 is 1.19 bits per heavy atom. The quantitative estimate of drug-likeness (QED) is 0.394. The van der Waals surface area contributed by atoms with Gasteiger partial charge in [-0.1, -0.05) is 66.4 Å². The van der Waals surface area contributed by atoms with Crippen molar-refractivity contribution in [3.8, 4) is 23.0 Å². The summed E-state index contributed by atoms with van der Waals surface area (Å²) in [5.74, 6) is 6.54. The molecule has 0 bridgehead atoms. The predicted octanol–water partition coefficient (Wildman–Crippen LogP) is 5.36. The Kier molecular flexibility index (Phi) is 4.37. The van der Waals surface area contributed by atoms with Crippen molar-refractivity contribution >= 4 is 22.6 Å². The highest BCUT2D eigenvalue weighted by molar-refractivity contribution is 14.1. The highest BCUT2D eigenvalue weighted by Crippen LogP contribution is 2.27. The molecule has 0 amide bonds. The van der Waals surface area contributed by atoms with Crippen LogP contribution in [0.3, 0.4) is 0 Å². The van der Waals surface area contributed by atoms with Crippen molar-refractivity contribution in [2.45, 2.75) is 0 Å². The summed E-state index contributed by atoms with van der Waals surface area (Å²) in [6, 6.07) is 26.8. The fraction of sp³-hybridized carbons (Fsp3) is 0. The van der Waals surface area contributed by atoms with Crippen molar-refractivity contribution in [3.05, 3.63) is 93.6 Å². The maximum absolute atomic E-state index is 3.30. The molecular formula is C20H13I. The second kappa shape index (κ2) is 6.60. The third-order valence-electron chi connectivity index (χ3n) is 3.21. The first-order chi connectivity index (χ1) is 10.3. The number of benzene rings is 3. The average Bonchev–Trinajstić information content (AvgIpc) is 2.55. The van der Waals surface area contributed by atoms with Crippen molar-refractivity contribution in [2.75, 3.05) is 0 Å². The Morgan fingerprint density at radius 3 is 1.95 bits per heavy atom. The van der Waals surface area contributed by atoms with Crippen molar-refractivity contribution in [2.24, 2.45) is 0 Å². The van der Waals surface area contributed by atoms with Gasteiger partial charge in [-0.25, -0.2) is 0 Å². The van der Waals surface area contributed by atoms with Gasteiger partial charge in [0.1, 0.15) is 0 Å². The van der Waals surface area contributed by atoms with Crippen LogP contribution in [0.2, 0.25) is 0 Å². The molecule has 3 aromatic rings.